The van der Waals surface area contributed by atoms with Gasteiger partial charge >= 0.3 is 0 Å². The van der Waals surface area contributed by atoms with Crippen LogP contribution in [0.1, 0.15) is 22.8 Å². The van der Waals surface area contributed by atoms with E-state index in [2.05, 4.69) is 45.2 Å². The van der Waals surface area contributed by atoms with Crippen LogP contribution in [0.5, 0.6) is 0 Å². The molecule has 248 valence electrons. The lowest BCUT2D eigenvalue weighted by atomic mass is 10.1. The Morgan fingerprint density at radius 2 is 1.54 bits per heavy atom. The summed E-state index contributed by atoms with van der Waals surface area (Å²) in [5.41, 5.74) is 2.25. The van der Waals surface area contributed by atoms with Crippen LogP contribution in [0.15, 0.2) is 137 Å². The Bertz CT molecular complexity index is 2240. The molecule has 6 rings (SSSR count). The molecule has 3 N–H and O–H groups in total. The van der Waals surface area contributed by atoms with E-state index in [1.165, 1.54) is 47.4 Å². The third-order valence-electron chi connectivity index (χ3n) is 7.54. The van der Waals surface area contributed by atoms with Crippen molar-refractivity contribution in [2.75, 3.05) is 10.6 Å². The SMILES string of the molecule is CC(Sc1ccc(NC(=O)/C(=C/c2ccccc2[N+](=O)[O-])NC(=O)c2ccccc2)cc1)C(=O)Nc1nc(-c2ccc3ccccc3c2)cs1. The van der Waals surface area contributed by atoms with Gasteiger partial charge in [0, 0.05) is 33.2 Å². The monoisotopic (exact) mass is 699 g/mol. The second kappa shape index (κ2) is 15.4. The number of amides is 3. The first-order chi connectivity index (χ1) is 24.2. The van der Waals surface area contributed by atoms with Gasteiger partial charge in [-0.25, -0.2) is 4.98 Å². The number of nitro benzene ring substituents is 1. The van der Waals surface area contributed by atoms with Crippen molar-refractivity contribution in [2.24, 2.45) is 0 Å². The Hall–Kier alpha value is -6.11. The summed E-state index contributed by atoms with van der Waals surface area (Å²) in [6.45, 7) is 1.79. The van der Waals surface area contributed by atoms with Crippen LogP contribution < -0.4 is 16.0 Å². The number of carbonyl (C=O) groups is 3. The fourth-order valence-corrected chi connectivity index (χ4v) is 6.56. The molecule has 0 spiro atoms. The zero-order valence-electron chi connectivity index (χ0n) is 26.5. The molecule has 1 aromatic heterocycles. The van der Waals surface area contributed by atoms with E-state index in [1.54, 1.807) is 67.6 Å². The molecule has 5 aromatic carbocycles. The highest BCUT2D eigenvalue weighted by Gasteiger charge is 2.20. The molecule has 1 atom stereocenters. The van der Waals surface area contributed by atoms with Gasteiger partial charge in [-0.05, 0) is 72.3 Å². The molecule has 12 heteroatoms. The molecule has 50 heavy (non-hydrogen) atoms. The van der Waals surface area contributed by atoms with Crippen molar-refractivity contribution in [3.05, 3.63) is 154 Å². The van der Waals surface area contributed by atoms with Crippen LogP contribution in [0.25, 0.3) is 28.1 Å². The summed E-state index contributed by atoms with van der Waals surface area (Å²) >= 11 is 2.70. The van der Waals surface area contributed by atoms with Gasteiger partial charge in [-0.2, -0.15) is 0 Å². The quantitative estimate of drug-likeness (QED) is 0.0533. The number of nitrogens with one attached hydrogen (secondary N) is 3. The Morgan fingerprint density at radius 3 is 2.30 bits per heavy atom. The summed E-state index contributed by atoms with van der Waals surface area (Å²) in [6, 6.07) is 35.3. The van der Waals surface area contributed by atoms with Crippen LogP contribution in [0.4, 0.5) is 16.5 Å². The van der Waals surface area contributed by atoms with Crippen molar-refractivity contribution in [3.63, 3.8) is 0 Å². The van der Waals surface area contributed by atoms with E-state index in [4.69, 9.17) is 0 Å². The van der Waals surface area contributed by atoms with E-state index in [9.17, 15) is 24.5 Å². The van der Waals surface area contributed by atoms with Gasteiger partial charge < -0.3 is 16.0 Å². The van der Waals surface area contributed by atoms with Gasteiger partial charge in [-0.1, -0.05) is 66.7 Å². The van der Waals surface area contributed by atoms with E-state index < -0.39 is 22.0 Å². The second-order valence-electron chi connectivity index (χ2n) is 11.0. The number of thiazole rings is 1. The van der Waals surface area contributed by atoms with E-state index in [1.807, 2.05) is 23.6 Å². The highest BCUT2D eigenvalue weighted by Crippen LogP contribution is 2.30. The van der Waals surface area contributed by atoms with E-state index in [0.29, 0.717) is 16.4 Å². The van der Waals surface area contributed by atoms with Gasteiger partial charge in [0.1, 0.15) is 5.70 Å². The van der Waals surface area contributed by atoms with Crippen molar-refractivity contribution in [1.82, 2.24) is 10.3 Å². The van der Waals surface area contributed by atoms with Crippen molar-refractivity contribution in [3.8, 4) is 11.3 Å². The summed E-state index contributed by atoms with van der Waals surface area (Å²) in [5.74, 6) is -1.43. The summed E-state index contributed by atoms with van der Waals surface area (Å²) in [4.78, 5) is 55.8. The summed E-state index contributed by atoms with van der Waals surface area (Å²) in [5, 5.41) is 24.1. The first-order valence-corrected chi connectivity index (χ1v) is 17.1. The molecule has 0 saturated heterocycles. The maximum atomic E-state index is 13.4. The van der Waals surface area contributed by atoms with E-state index >= 15 is 0 Å². The fourth-order valence-electron chi connectivity index (χ4n) is 4.97. The van der Waals surface area contributed by atoms with Gasteiger partial charge in [0.2, 0.25) is 5.91 Å². The summed E-state index contributed by atoms with van der Waals surface area (Å²) in [6.07, 6.45) is 1.27. The summed E-state index contributed by atoms with van der Waals surface area (Å²) in [7, 11) is 0. The van der Waals surface area contributed by atoms with Crippen LogP contribution in [-0.4, -0.2) is 32.9 Å². The number of rotatable bonds is 11. The Labute approximate surface area is 295 Å². The van der Waals surface area contributed by atoms with Crippen molar-refractivity contribution in [2.45, 2.75) is 17.1 Å². The van der Waals surface area contributed by atoms with Crippen molar-refractivity contribution in [1.29, 1.82) is 0 Å². The standard InChI is InChI=1S/C38H29N5O5S2/c1-24(35(44)42-38-41-33(23-49-38)28-16-15-25-9-5-6-12-27(25)21-28)50-31-19-17-30(18-20-31)39-37(46)32(40-36(45)26-10-3-2-4-11-26)22-29-13-7-8-14-34(29)43(47)48/h2-24H,1H3,(H,39,46)(H,40,45)(H,41,42,44)/b32-22-. The maximum Gasteiger partial charge on any atom is 0.276 e. The van der Waals surface area contributed by atoms with Crippen LogP contribution in [-0.2, 0) is 9.59 Å². The minimum atomic E-state index is -0.674. The molecule has 1 heterocycles. The molecule has 0 bridgehead atoms. The zero-order chi connectivity index (χ0) is 35.0. The number of thioether (sulfide) groups is 1. The average molecular weight is 700 g/mol. The topological polar surface area (TPSA) is 143 Å². The van der Waals surface area contributed by atoms with Crippen molar-refractivity contribution >= 4 is 74.2 Å². The molecule has 0 radical (unpaired) electrons. The first-order valence-electron chi connectivity index (χ1n) is 15.4. The smallest absolute Gasteiger partial charge is 0.276 e. The molecule has 0 aliphatic carbocycles. The van der Waals surface area contributed by atoms with Gasteiger partial charge in [0.25, 0.3) is 17.5 Å². The second-order valence-corrected chi connectivity index (χ2v) is 13.3. The molecule has 3 amide bonds. The number of carbonyl (C=O) groups excluding carboxylic acids is 3. The van der Waals surface area contributed by atoms with Crippen LogP contribution in [0.3, 0.4) is 0 Å². The fraction of sp³-hybridized carbons (Fsp3) is 0.0526. The highest BCUT2D eigenvalue weighted by molar-refractivity contribution is 8.00. The van der Waals surface area contributed by atoms with Gasteiger partial charge in [0.05, 0.1) is 21.4 Å². The average Bonchev–Trinajstić information content (AvgIpc) is 3.60. The molecule has 0 aliphatic heterocycles. The Balaban J connectivity index is 1.10. The molecule has 1 unspecified atom stereocenters. The molecule has 6 aromatic rings. The summed E-state index contributed by atoms with van der Waals surface area (Å²) < 4.78 is 0. The lowest BCUT2D eigenvalue weighted by Crippen LogP contribution is -2.30. The molecule has 0 fully saturated rings. The number of aromatic nitrogens is 1. The zero-order valence-corrected chi connectivity index (χ0v) is 28.2. The molecule has 10 nitrogen and oxygen atoms in total. The molecular weight excluding hydrogens is 671 g/mol. The van der Waals surface area contributed by atoms with Crippen LogP contribution >= 0.6 is 23.1 Å². The predicted octanol–water partition coefficient (Wildman–Crippen LogP) is 8.40. The lowest BCUT2D eigenvalue weighted by molar-refractivity contribution is -0.385. The van der Waals surface area contributed by atoms with Gasteiger partial charge in [0.15, 0.2) is 5.13 Å². The molecule has 0 aliphatic rings. The molecule has 0 saturated carbocycles. The minimum absolute atomic E-state index is 0.151. The number of hydrogen-bond donors (Lipinski definition) is 3. The van der Waals surface area contributed by atoms with Crippen molar-refractivity contribution < 1.29 is 19.3 Å². The normalized spacial score (nSPS) is 11.8. The maximum absolute atomic E-state index is 13.4. The third-order valence-corrected chi connectivity index (χ3v) is 9.41. The third kappa shape index (κ3) is 8.29. The van der Waals surface area contributed by atoms with Gasteiger partial charge in [-0.15, -0.1) is 23.1 Å². The minimum Gasteiger partial charge on any atom is -0.321 e. The number of hydrogen-bond acceptors (Lipinski definition) is 8. The number of nitro groups is 1. The number of nitrogens with zero attached hydrogens (tertiary/aromatic N) is 2. The van der Waals surface area contributed by atoms with E-state index in [-0.39, 0.29) is 22.9 Å². The number of para-hydroxylation sites is 1. The lowest BCUT2D eigenvalue weighted by Gasteiger charge is -2.13. The van der Waals surface area contributed by atoms with Crippen LogP contribution in [0.2, 0.25) is 0 Å². The molecular formula is C38H29N5O5S2. The van der Waals surface area contributed by atoms with Gasteiger partial charge in [-0.3, -0.25) is 24.5 Å². The van der Waals surface area contributed by atoms with Crippen LogP contribution in [0, 0.1) is 10.1 Å². The van der Waals surface area contributed by atoms with E-state index in [0.717, 1.165) is 26.9 Å². The number of fused-ring (bicyclic) bond motifs is 1. The highest BCUT2D eigenvalue weighted by atomic mass is 32.2. The first kappa shape index (κ1) is 33.8. The number of benzene rings is 5. The Kier molecular flexibility index (Phi) is 10.4. The predicted molar refractivity (Wildman–Crippen MR) is 199 cm³/mol. The largest absolute Gasteiger partial charge is 0.321 e. The number of anilines is 2. The Morgan fingerprint density at radius 1 is 0.840 bits per heavy atom.